The number of aromatic nitrogens is 2. The Morgan fingerprint density at radius 1 is 0.588 bits per heavy atom. The molecule has 0 fully saturated rings. The van der Waals surface area contributed by atoms with Crippen molar-refractivity contribution in [1.82, 2.24) is 31.2 Å². The van der Waals surface area contributed by atoms with Crippen molar-refractivity contribution in [3.8, 4) is 0 Å². The number of amides is 2. The Balaban J connectivity index is 1.66. The molecule has 10 heteroatoms. The number of rotatable bonds is 0. The summed E-state index contributed by atoms with van der Waals surface area (Å²) in [5, 5.41) is 12.1. The molecule has 180 valence electrons. The molecular formula is C24H32N8O2. The second-order valence-electron chi connectivity index (χ2n) is 7.76. The van der Waals surface area contributed by atoms with Crippen LogP contribution in [0.2, 0.25) is 0 Å². The van der Waals surface area contributed by atoms with Gasteiger partial charge in [-0.1, -0.05) is 12.1 Å². The van der Waals surface area contributed by atoms with E-state index < -0.39 is 0 Å². The van der Waals surface area contributed by atoms with Gasteiger partial charge in [0.1, 0.15) is 11.4 Å². The van der Waals surface area contributed by atoms with E-state index in [1.807, 2.05) is 32.0 Å². The van der Waals surface area contributed by atoms with Gasteiger partial charge >= 0.3 is 0 Å². The lowest BCUT2D eigenvalue weighted by Gasteiger charge is -2.09. The van der Waals surface area contributed by atoms with E-state index in [-0.39, 0.29) is 23.2 Å². The molecule has 0 saturated carbocycles. The molecule has 1 aliphatic heterocycles. The fraction of sp³-hybridized carbons (Fsp3) is 0.417. The highest BCUT2D eigenvalue weighted by Crippen LogP contribution is 2.04. The molecule has 34 heavy (non-hydrogen) atoms. The summed E-state index contributed by atoms with van der Waals surface area (Å²) in [6.45, 7) is 8.52. The molecule has 4 bridgehead atoms. The normalized spacial score (nSPS) is 17.5. The topological polar surface area (TPSA) is 133 Å². The highest BCUT2D eigenvalue weighted by Gasteiger charge is 2.12. The van der Waals surface area contributed by atoms with Crippen LogP contribution in [0.25, 0.3) is 0 Å². The minimum absolute atomic E-state index is 0.211. The average molecular weight is 465 g/mol. The predicted octanol–water partition coefficient (Wildman–Crippen LogP) is 0.447. The fourth-order valence-corrected chi connectivity index (χ4v) is 3.25. The first-order chi connectivity index (χ1) is 16.5. The van der Waals surface area contributed by atoms with Gasteiger partial charge in [0.25, 0.3) is 11.8 Å². The van der Waals surface area contributed by atoms with Gasteiger partial charge in [0, 0.05) is 39.3 Å². The first kappa shape index (κ1) is 25.1. The lowest BCUT2D eigenvalue weighted by Crippen LogP contribution is -2.34. The second-order valence-corrected chi connectivity index (χ2v) is 7.76. The van der Waals surface area contributed by atoms with Crippen molar-refractivity contribution < 1.29 is 9.59 Å². The summed E-state index contributed by atoms with van der Waals surface area (Å²) in [5.74, 6) is -0.633. The molecule has 1 aliphatic rings. The Morgan fingerprint density at radius 3 is 1.47 bits per heavy atom. The zero-order valence-corrected chi connectivity index (χ0v) is 19.7. The maximum Gasteiger partial charge on any atom is 0.269 e. The zero-order valence-electron chi connectivity index (χ0n) is 19.7. The first-order valence-electron chi connectivity index (χ1n) is 11.5. The Labute approximate surface area is 199 Å². The van der Waals surface area contributed by atoms with Crippen LogP contribution in [-0.4, -0.2) is 85.6 Å². The minimum atomic E-state index is -0.316. The highest BCUT2D eigenvalue weighted by atomic mass is 16.2. The molecule has 0 unspecified atom stereocenters. The summed E-state index contributed by atoms with van der Waals surface area (Å²) in [4.78, 5) is 42.8. The molecule has 2 aromatic heterocycles. The Morgan fingerprint density at radius 2 is 1.00 bits per heavy atom. The molecule has 3 rings (SSSR count). The standard InChI is InChI=1S/C24H32N8O2/c1-17-19-5-3-6-20(31-19)18(2)28-14-10-26-12-16-30-24(34)22-8-4-7-21(32-22)23(33)29-15-11-25-9-13-27-17/h3-8,25-26H,9-16H2,1-2H3,(H,29,33)(H,30,34). The van der Waals surface area contributed by atoms with Crippen LogP contribution in [0, 0.1) is 0 Å². The van der Waals surface area contributed by atoms with E-state index in [9.17, 15) is 9.59 Å². The maximum absolute atomic E-state index is 12.4. The molecule has 0 saturated heterocycles. The molecule has 0 aliphatic carbocycles. The average Bonchev–Trinajstić information content (AvgIpc) is 2.86. The van der Waals surface area contributed by atoms with E-state index in [0.717, 1.165) is 22.8 Å². The van der Waals surface area contributed by atoms with E-state index in [0.29, 0.717) is 52.4 Å². The summed E-state index contributed by atoms with van der Waals surface area (Å²) in [6, 6.07) is 10.7. The van der Waals surface area contributed by atoms with E-state index in [4.69, 9.17) is 4.98 Å². The van der Waals surface area contributed by atoms with Gasteiger partial charge in [0.15, 0.2) is 0 Å². The summed E-state index contributed by atoms with van der Waals surface area (Å²) in [7, 11) is 0. The van der Waals surface area contributed by atoms with Gasteiger partial charge in [-0.3, -0.25) is 19.6 Å². The number of pyridine rings is 2. The summed E-state index contributed by atoms with van der Waals surface area (Å²) in [6.07, 6.45) is 0. The van der Waals surface area contributed by atoms with Crippen LogP contribution >= 0.6 is 0 Å². The van der Waals surface area contributed by atoms with Gasteiger partial charge in [-0.25, -0.2) is 9.97 Å². The number of nitrogens with one attached hydrogen (secondary N) is 4. The Hall–Kier alpha value is -3.50. The summed E-state index contributed by atoms with van der Waals surface area (Å²) < 4.78 is 0. The van der Waals surface area contributed by atoms with Crippen molar-refractivity contribution in [2.24, 2.45) is 9.98 Å². The molecule has 0 spiro atoms. The van der Waals surface area contributed by atoms with Crippen LogP contribution in [0.15, 0.2) is 46.4 Å². The molecular weight excluding hydrogens is 432 g/mol. The summed E-state index contributed by atoms with van der Waals surface area (Å²) >= 11 is 0. The molecule has 3 heterocycles. The lowest BCUT2D eigenvalue weighted by atomic mass is 10.2. The number of carbonyl (C=O) groups is 2. The monoisotopic (exact) mass is 464 g/mol. The van der Waals surface area contributed by atoms with Crippen molar-refractivity contribution in [3.63, 3.8) is 0 Å². The van der Waals surface area contributed by atoms with E-state index in [2.05, 4.69) is 36.2 Å². The third kappa shape index (κ3) is 7.82. The maximum atomic E-state index is 12.4. The number of nitrogens with zero attached hydrogens (tertiary/aromatic N) is 4. The molecule has 2 aromatic rings. The smallest absolute Gasteiger partial charge is 0.269 e. The lowest BCUT2D eigenvalue weighted by molar-refractivity contribution is 0.0944. The SMILES string of the molecule is CC1=NCCNCCNC(=O)c2cccc(n2)C(=O)NCCNCCN=C(C)c2cccc1n2. The molecule has 0 aromatic carbocycles. The van der Waals surface area contributed by atoms with Crippen LogP contribution in [0.3, 0.4) is 0 Å². The number of hydrogen-bond acceptors (Lipinski definition) is 8. The quantitative estimate of drug-likeness (QED) is 0.447. The second kappa shape index (κ2) is 13.3. The largest absolute Gasteiger partial charge is 0.349 e. The fourth-order valence-electron chi connectivity index (χ4n) is 3.25. The van der Waals surface area contributed by atoms with E-state index >= 15 is 0 Å². The Bertz CT molecular complexity index is 976. The number of fused-ring (bicyclic) bond motifs is 4. The first-order valence-corrected chi connectivity index (χ1v) is 11.5. The highest BCUT2D eigenvalue weighted by molar-refractivity contribution is 6.00. The molecule has 2 amide bonds. The summed E-state index contributed by atoms with van der Waals surface area (Å²) in [5.41, 5.74) is 3.82. The van der Waals surface area contributed by atoms with Gasteiger partial charge in [-0.05, 0) is 38.1 Å². The van der Waals surface area contributed by atoms with E-state index in [1.54, 1.807) is 18.2 Å². The zero-order chi connectivity index (χ0) is 24.2. The van der Waals surface area contributed by atoms with Gasteiger partial charge < -0.3 is 21.3 Å². The minimum Gasteiger partial charge on any atom is -0.349 e. The van der Waals surface area contributed by atoms with Crippen LogP contribution < -0.4 is 21.3 Å². The predicted molar refractivity (Wildman–Crippen MR) is 133 cm³/mol. The van der Waals surface area contributed by atoms with Gasteiger partial charge in [0.2, 0.25) is 0 Å². The van der Waals surface area contributed by atoms with Gasteiger partial charge in [0.05, 0.1) is 35.9 Å². The van der Waals surface area contributed by atoms with Crippen molar-refractivity contribution in [2.45, 2.75) is 13.8 Å². The third-order valence-electron chi connectivity index (χ3n) is 5.15. The van der Waals surface area contributed by atoms with Crippen LogP contribution in [0.1, 0.15) is 46.2 Å². The van der Waals surface area contributed by atoms with Crippen LogP contribution in [-0.2, 0) is 0 Å². The molecule has 10 nitrogen and oxygen atoms in total. The van der Waals surface area contributed by atoms with Crippen molar-refractivity contribution in [3.05, 3.63) is 59.2 Å². The third-order valence-corrected chi connectivity index (χ3v) is 5.15. The van der Waals surface area contributed by atoms with Crippen molar-refractivity contribution >= 4 is 23.2 Å². The molecule has 4 N–H and O–H groups in total. The van der Waals surface area contributed by atoms with Gasteiger partial charge in [-0.15, -0.1) is 0 Å². The van der Waals surface area contributed by atoms with Gasteiger partial charge in [-0.2, -0.15) is 0 Å². The number of hydrogen-bond donors (Lipinski definition) is 4. The number of carbonyl (C=O) groups excluding carboxylic acids is 2. The Kier molecular flexibility index (Phi) is 9.80. The van der Waals surface area contributed by atoms with Crippen molar-refractivity contribution in [1.29, 1.82) is 0 Å². The van der Waals surface area contributed by atoms with E-state index in [1.165, 1.54) is 0 Å². The van der Waals surface area contributed by atoms with Crippen LogP contribution in [0.5, 0.6) is 0 Å². The number of aliphatic imine (C=N–C) groups is 2. The molecule has 0 atom stereocenters. The molecule has 0 radical (unpaired) electrons. The van der Waals surface area contributed by atoms with Crippen LogP contribution in [0.4, 0.5) is 0 Å². The van der Waals surface area contributed by atoms with Crippen molar-refractivity contribution in [2.75, 3.05) is 52.4 Å².